The van der Waals surface area contributed by atoms with Gasteiger partial charge in [-0.3, -0.25) is 4.90 Å². The molecular weight excluding hydrogens is 318 g/mol. The minimum Gasteiger partial charge on any atom is -0.491 e. The lowest BCUT2D eigenvalue weighted by Gasteiger charge is -2.27. The van der Waals surface area contributed by atoms with Crippen LogP contribution in [0, 0.1) is 6.92 Å². The van der Waals surface area contributed by atoms with Gasteiger partial charge in [0.2, 0.25) is 5.88 Å². The van der Waals surface area contributed by atoms with Crippen LogP contribution in [0.2, 0.25) is 0 Å². The normalized spacial score (nSPS) is 19.1. The zero-order chi connectivity index (χ0) is 17.8. The number of hydrogen-bond acceptors (Lipinski definition) is 5. The molecule has 1 aromatic carbocycles. The summed E-state index contributed by atoms with van der Waals surface area (Å²) in [6.07, 6.45) is 1.62. The van der Waals surface area contributed by atoms with E-state index in [2.05, 4.69) is 10.00 Å². The van der Waals surface area contributed by atoms with Crippen molar-refractivity contribution in [2.45, 2.75) is 31.9 Å². The molecule has 6 heteroatoms. The molecule has 2 heterocycles. The summed E-state index contributed by atoms with van der Waals surface area (Å²) >= 11 is 0. The molecular formula is C19H27N3O3. The number of hydrogen-bond donors (Lipinski definition) is 1. The number of rotatable bonds is 7. The highest BCUT2D eigenvalue weighted by Crippen LogP contribution is 2.38. The zero-order valence-corrected chi connectivity index (χ0v) is 15.2. The van der Waals surface area contributed by atoms with Crippen molar-refractivity contribution in [3.63, 3.8) is 0 Å². The van der Waals surface area contributed by atoms with Crippen molar-refractivity contribution >= 4 is 0 Å². The van der Waals surface area contributed by atoms with Crippen LogP contribution in [0.1, 0.15) is 30.1 Å². The van der Waals surface area contributed by atoms with Crippen molar-refractivity contribution in [1.82, 2.24) is 14.7 Å². The maximum absolute atomic E-state index is 10.4. The van der Waals surface area contributed by atoms with Crippen LogP contribution in [-0.4, -0.2) is 52.7 Å². The van der Waals surface area contributed by atoms with Gasteiger partial charge in [0.05, 0.1) is 18.4 Å². The molecule has 2 atom stereocenters. The highest BCUT2D eigenvalue weighted by molar-refractivity contribution is 5.35. The average Bonchev–Trinajstić information content (AvgIpc) is 3.16. The van der Waals surface area contributed by atoms with Gasteiger partial charge in [-0.05, 0) is 38.4 Å². The Morgan fingerprint density at radius 1 is 1.32 bits per heavy atom. The highest BCUT2D eigenvalue weighted by Gasteiger charge is 2.33. The third-order valence-electron chi connectivity index (χ3n) is 4.74. The van der Waals surface area contributed by atoms with Crippen LogP contribution >= 0.6 is 0 Å². The topological polar surface area (TPSA) is 59.8 Å². The van der Waals surface area contributed by atoms with E-state index in [1.165, 1.54) is 0 Å². The molecule has 2 aromatic rings. The fourth-order valence-corrected chi connectivity index (χ4v) is 3.68. The SMILES string of the molecule is COc1c([C@@H]2CCCN2C[C@H](O)COc2ccccc2)c(C)nn1C. The monoisotopic (exact) mass is 345 g/mol. The summed E-state index contributed by atoms with van der Waals surface area (Å²) in [5.41, 5.74) is 2.13. The second kappa shape index (κ2) is 7.89. The van der Waals surface area contributed by atoms with Gasteiger partial charge in [-0.25, -0.2) is 4.68 Å². The van der Waals surface area contributed by atoms with E-state index in [1.807, 2.05) is 44.3 Å². The number of aromatic nitrogens is 2. The number of likely N-dealkylation sites (tertiary alicyclic amines) is 1. The summed E-state index contributed by atoms with van der Waals surface area (Å²) in [6, 6.07) is 9.83. The minimum absolute atomic E-state index is 0.232. The van der Waals surface area contributed by atoms with Crippen LogP contribution in [0.3, 0.4) is 0 Å². The van der Waals surface area contributed by atoms with Crippen LogP contribution in [0.4, 0.5) is 0 Å². The van der Waals surface area contributed by atoms with Gasteiger partial charge in [-0.1, -0.05) is 18.2 Å². The number of aliphatic hydroxyl groups excluding tert-OH is 1. The third kappa shape index (κ3) is 3.96. The molecule has 3 rings (SSSR count). The number of aliphatic hydroxyl groups is 1. The van der Waals surface area contributed by atoms with E-state index in [0.29, 0.717) is 6.54 Å². The smallest absolute Gasteiger partial charge is 0.216 e. The predicted molar refractivity (Wildman–Crippen MR) is 96.0 cm³/mol. The van der Waals surface area contributed by atoms with E-state index >= 15 is 0 Å². The van der Waals surface area contributed by atoms with E-state index in [-0.39, 0.29) is 12.6 Å². The molecule has 1 N–H and O–H groups in total. The second-order valence-corrected chi connectivity index (χ2v) is 6.56. The first-order chi connectivity index (χ1) is 12.1. The summed E-state index contributed by atoms with van der Waals surface area (Å²) in [7, 11) is 3.58. The molecule has 6 nitrogen and oxygen atoms in total. The maximum atomic E-state index is 10.4. The molecule has 1 aliphatic heterocycles. The number of aryl methyl sites for hydroxylation is 2. The fourth-order valence-electron chi connectivity index (χ4n) is 3.68. The van der Waals surface area contributed by atoms with Crippen molar-refractivity contribution < 1.29 is 14.6 Å². The van der Waals surface area contributed by atoms with Crippen molar-refractivity contribution in [2.24, 2.45) is 7.05 Å². The summed E-state index contributed by atoms with van der Waals surface area (Å²) in [6.45, 7) is 3.85. The van der Waals surface area contributed by atoms with Gasteiger partial charge in [-0.2, -0.15) is 5.10 Å². The zero-order valence-electron chi connectivity index (χ0n) is 15.2. The first kappa shape index (κ1) is 17.8. The van der Waals surface area contributed by atoms with Crippen LogP contribution < -0.4 is 9.47 Å². The molecule has 0 bridgehead atoms. The van der Waals surface area contributed by atoms with Crippen LogP contribution in [0.5, 0.6) is 11.6 Å². The van der Waals surface area contributed by atoms with E-state index in [4.69, 9.17) is 9.47 Å². The predicted octanol–water partition coefficient (Wildman–Crippen LogP) is 2.31. The Bertz CT molecular complexity index is 687. The summed E-state index contributed by atoms with van der Waals surface area (Å²) in [5.74, 6) is 1.59. The maximum Gasteiger partial charge on any atom is 0.216 e. The summed E-state index contributed by atoms with van der Waals surface area (Å²) < 4.78 is 13.0. The Balaban J connectivity index is 1.64. The van der Waals surface area contributed by atoms with E-state index in [0.717, 1.165) is 42.3 Å². The molecule has 1 aliphatic rings. The Morgan fingerprint density at radius 2 is 2.08 bits per heavy atom. The standard InChI is InChI=1S/C19H27N3O3/c1-14-18(19(24-3)21(2)20-14)17-10-7-11-22(17)12-15(23)13-25-16-8-5-4-6-9-16/h4-6,8-9,15,17,23H,7,10-13H2,1-3H3/t15-,17-/m0/s1. The fraction of sp³-hybridized carbons (Fsp3) is 0.526. The van der Waals surface area contributed by atoms with Crippen molar-refractivity contribution in [3.8, 4) is 11.6 Å². The van der Waals surface area contributed by atoms with Gasteiger partial charge in [0.25, 0.3) is 0 Å². The lowest BCUT2D eigenvalue weighted by Crippen LogP contribution is -2.35. The molecule has 136 valence electrons. The van der Waals surface area contributed by atoms with Crippen molar-refractivity contribution in [3.05, 3.63) is 41.6 Å². The second-order valence-electron chi connectivity index (χ2n) is 6.56. The highest BCUT2D eigenvalue weighted by atomic mass is 16.5. The molecule has 1 aromatic heterocycles. The number of nitrogens with zero attached hydrogens (tertiary/aromatic N) is 3. The van der Waals surface area contributed by atoms with Gasteiger partial charge in [-0.15, -0.1) is 0 Å². The van der Waals surface area contributed by atoms with Gasteiger partial charge in [0.1, 0.15) is 18.5 Å². The lowest BCUT2D eigenvalue weighted by molar-refractivity contribution is 0.0634. The van der Waals surface area contributed by atoms with Crippen LogP contribution in [-0.2, 0) is 7.05 Å². The molecule has 0 unspecified atom stereocenters. The Hall–Kier alpha value is -2.05. The average molecular weight is 345 g/mol. The number of β-amino-alcohol motifs (C(OH)–C–C–N with tert-alkyl or cyclic N) is 1. The van der Waals surface area contributed by atoms with Gasteiger partial charge >= 0.3 is 0 Å². The van der Waals surface area contributed by atoms with E-state index in [1.54, 1.807) is 11.8 Å². The Kier molecular flexibility index (Phi) is 5.60. The Morgan fingerprint density at radius 3 is 2.80 bits per heavy atom. The summed E-state index contributed by atoms with van der Waals surface area (Å²) in [5, 5.41) is 14.9. The van der Waals surface area contributed by atoms with E-state index < -0.39 is 6.10 Å². The van der Waals surface area contributed by atoms with E-state index in [9.17, 15) is 5.11 Å². The first-order valence-corrected chi connectivity index (χ1v) is 8.77. The van der Waals surface area contributed by atoms with Gasteiger partial charge < -0.3 is 14.6 Å². The van der Waals surface area contributed by atoms with Gasteiger partial charge in [0, 0.05) is 19.6 Å². The number of para-hydroxylation sites is 1. The molecule has 0 saturated carbocycles. The van der Waals surface area contributed by atoms with Crippen LogP contribution in [0.25, 0.3) is 0 Å². The Labute approximate surface area is 149 Å². The molecule has 0 radical (unpaired) electrons. The summed E-state index contributed by atoms with van der Waals surface area (Å²) in [4.78, 5) is 2.31. The number of benzene rings is 1. The van der Waals surface area contributed by atoms with Crippen molar-refractivity contribution in [2.75, 3.05) is 26.8 Å². The molecule has 1 saturated heterocycles. The number of ether oxygens (including phenoxy) is 2. The molecule has 0 spiro atoms. The van der Waals surface area contributed by atoms with Crippen LogP contribution in [0.15, 0.2) is 30.3 Å². The van der Waals surface area contributed by atoms with Gasteiger partial charge in [0.15, 0.2) is 0 Å². The minimum atomic E-state index is -0.538. The lowest BCUT2D eigenvalue weighted by atomic mass is 10.0. The molecule has 25 heavy (non-hydrogen) atoms. The number of methoxy groups -OCH3 is 1. The molecule has 0 aliphatic carbocycles. The third-order valence-corrected chi connectivity index (χ3v) is 4.74. The largest absolute Gasteiger partial charge is 0.491 e. The first-order valence-electron chi connectivity index (χ1n) is 8.77. The van der Waals surface area contributed by atoms with Crippen molar-refractivity contribution in [1.29, 1.82) is 0 Å². The molecule has 1 fully saturated rings. The molecule has 0 amide bonds. The quantitative estimate of drug-likeness (QED) is 0.834.